The summed E-state index contributed by atoms with van der Waals surface area (Å²) in [5, 5.41) is 7.56. The molecule has 4 nitrogen and oxygen atoms in total. The van der Waals surface area contributed by atoms with Crippen molar-refractivity contribution in [1.29, 1.82) is 0 Å². The lowest BCUT2D eigenvalue weighted by atomic mass is 10.0. The maximum absolute atomic E-state index is 12.2. The van der Waals surface area contributed by atoms with Crippen molar-refractivity contribution >= 4 is 44.2 Å². The smallest absolute Gasteiger partial charge is 0.243 e. The van der Waals surface area contributed by atoms with Gasteiger partial charge in [0.25, 0.3) is 0 Å². The van der Waals surface area contributed by atoms with Crippen LogP contribution >= 0.6 is 15.9 Å². The zero-order valence-electron chi connectivity index (χ0n) is 13.5. The molecule has 0 saturated heterocycles. The van der Waals surface area contributed by atoms with E-state index in [1.165, 1.54) is 0 Å². The third kappa shape index (κ3) is 4.67. The van der Waals surface area contributed by atoms with Crippen LogP contribution in [0.15, 0.2) is 71.2 Å². The molecule has 0 aliphatic rings. The number of nitrogens with one attached hydrogen (secondary N) is 2. The van der Waals surface area contributed by atoms with Gasteiger partial charge >= 0.3 is 0 Å². The highest BCUT2D eigenvalue weighted by Gasteiger charge is 2.09. The first-order chi connectivity index (χ1) is 12.1. The van der Waals surface area contributed by atoms with Crippen molar-refractivity contribution in [3.63, 3.8) is 0 Å². The van der Waals surface area contributed by atoms with E-state index in [0.29, 0.717) is 5.69 Å². The van der Waals surface area contributed by atoms with Gasteiger partial charge in [-0.15, -0.1) is 0 Å². The molecule has 126 valence electrons. The Morgan fingerprint density at radius 1 is 0.840 bits per heavy atom. The molecule has 0 heterocycles. The molecule has 0 radical (unpaired) electrons. The molecule has 25 heavy (non-hydrogen) atoms. The molecule has 3 rings (SSSR count). The molecule has 0 unspecified atom stereocenters. The standard InChI is InChI=1S/C20H17BrN2O2/c21-16-8-10-17(11-9-16)23-20(25)13-22-19(24)12-15-6-3-5-14-4-1-2-7-18(14)15/h1-11H,12-13H2,(H,22,24)(H,23,25). The van der Waals surface area contributed by atoms with E-state index in [9.17, 15) is 9.59 Å². The van der Waals surface area contributed by atoms with Crippen LogP contribution in [0.4, 0.5) is 5.69 Å². The van der Waals surface area contributed by atoms with Crippen molar-refractivity contribution in [2.24, 2.45) is 0 Å². The third-order valence-electron chi connectivity index (χ3n) is 3.81. The van der Waals surface area contributed by atoms with Crippen molar-refractivity contribution in [2.45, 2.75) is 6.42 Å². The molecule has 0 aliphatic carbocycles. The lowest BCUT2D eigenvalue weighted by Gasteiger charge is -2.09. The van der Waals surface area contributed by atoms with E-state index in [1.807, 2.05) is 54.6 Å². The van der Waals surface area contributed by atoms with E-state index in [1.54, 1.807) is 12.1 Å². The van der Waals surface area contributed by atoms with E-state index in [-0.39, 0.29) is 24.8 Å². The second kappa shape index (κ2) is 7.94. The van der Waals surface area contributed by atoms with Gasteiger partial charge < -0.3 is 10.6 Å². The second-order valence-corrected chi connectivity index (χ2v) is 6.56. The minimum Gasteiger partial charge on any atom is -0.347 e. The Morgan fingerprint density at radius 3 is 2.36 bits per heavy atom. The maximum Gasteiger partial charge on any atom is 0.243 e. The van der Waals surface area contributed by atoms with Crippen LogP contribution in [-0.4, -0.2) is 18.4 Å². The summed E-state index contributed by atoms with van der Waals surface area (Å²) < 4.78 is 0.939. The van der Waals surface area contributed by atoms with Crippen LogP contribution in [0.5, 0.6) is 0 Å². The van der Waals surface area contributed by atoms with Crippen LogP contribution in [-0.2, 0) is 16.0 Å². The van der Waals surface area contributed by atoms with E-state index >= 15 is 0 Å². The zero-order chi connectivity index (χ0) is 17.6. The third-order valence-corrected chi connectivity index (χ3v) is 4.33. The lowest BCUT2D eigenvalue weighted by molar-refractivity contribution is -0.123. The molecule has 2 amide bonds. The Morgan fingerprint density at radius 2 is 1.56 bits per heavy atom. The summed E-state index contributed by atoms with van der Waals surface area (Å²) in [6.07, 6.45) is 0.243. The van der Waals surface area contributed by atoms with Crippen molar-refractivity contribution in [2.75, 3.05) is 11.9 Å². The monoisotopic (exact) mass is 396 g/mol. The molecule has 0 saturated carbocycles. The first-order valence-electron chi connectivity index (χ1n) is 7.90. The largest absolute Gasteiger partial charge is 0.347 e. The number of carbonyl (C=O) groups is 2. The second-order valence-electron chi connectivity index (χ2n) is 5.65. The van der Waals surface area contributed by atoms with Crippen LogP contribution in [0.1, 0.15) is 5.56 Å². The van der Waals surface area contributed by atoms with Crippen molar-refractivity contribution in [1.82, 2.24) is 5.32 Å². The van der Waals surface area contributed by atoms with Crippen LogP contribution in [0.3, 0.4) is 0 Å². The number of fused-ring (bicyclic) bond motifs is 1. The average molecular weight is 397 g/mol. The minimum absolute atomic E-state index is 0.0559. The summed E-state index contributed by atoms with van der Waals surface area (Å²) in [5.74, 6) is -0.434. The number of hydrogen-bond acceptors (Lipinski definition) is 2. The molecule has 0 atom stereocenters. The minimum atomic E-state index is -0.256. The van der Waals surface area contributed by atoms with Crippen molar-refractivity contribution < 1.29 is 9.59 Å². The van der Waals surface area contributed by atoms with E-state index in [4.69, 9.17) is 0 Å². The highest BCUT2D eigenvalue weighted by molar-refractivity contribution is 9.10. The molecule has 3 aromatic carbocycles. The Balaban J connectivity index is 1.55. The number of amides is 2. The number of hydrogen-bond donors (Lipinski definition) is 2. The van der Waals surface area contributed by atoms with Gasteiger partial charge in [-0.05, 0) is 40.6 Å². The summed E-state index contributed by atoms with van der Waals surface area (Å²) in [4.78, 5) is 24.1. The van der Waals surface area contributed by atoms with Crippen LogP contribution in [0, 0.1) is 0 Å². The van der Waals surface area contributed by atoms with Gasteiger partial charge in [0, 0.05) is 10.2 Å². The number of carbonyl (C=O) groups excluding carboxylic acids is 2. The molecule has 0 aliphatic heterocycles. The Bertz CT molecular complexity index is 902. The zero-order valence-corrected chi connectivity index (χ0v) is 15.0. The predicted molar refractivity (Wildman–Crippen MR) is 103 cm³/mol. The molecular weight excluding hydrogens is 380 g/mol. The lowest BCUT2D eigenvalue weighted by Crippen LogP contribution is -2.33. The SMILES string of the molecule is O=C(Cc1cccc2ccccc12)NCC(=O)Nc1ccc(Br)cc1. The van der Waals surface area contributed by atoms with Crippen LogP contribution in [0.25, 0.3) is 10.8 Å². The fourth-order valence-corrected chi connectivity index (χ4v) is 2.86. The summed E-state index contributed by atoms with van der Waals surface area (Å²) in [5.41, 5.74) is 1.64. The van der Waals surface area contributed by atoms with Gasteiger partial charge in [0.15, 0.2) is 0 Å². The van der Waals surface area contributed by atoms with Gasteiger partial charge in [-0.25, -0.2) is 0 Å². The Hall–Kier alpha value is -2.66. The number of anilines is 1. The van der Waals surface area contributed by atoms with Gasteiger partial charge in [0.2, 0.25) is 11.8 Å². The number of halogens is 1. The number of benzene rings is 3. The molecular formula is C20H17BrN2O2. The molecule has 0 bridgehead atoms. The first kappa shape index (κ1) is 17.2. The van der Waals surface area contributed by atoms with Gasteiger partial charge in [-0.3, -0.25) is 9.59 Å². The van der Waals surface area contributed by atoms with Gasteiger partial charge in [0.05, 0.1) is 13.0 Å². The predicted octanol–water partition coefficient (Wildman–Crippen LogP) is 3.90. The van der Waals surface area contributed by atoms with Crippen molar-refractivity contribution in [3.8, 4) is 0 Å². The highest BCUT2D eigenvalue weighted by atomic mass is 79.9. The fraction of sp³-hybridized carbons (Fsp3) is 0.100. The molecule has 0 spiro atoms. The fourth-order valence-electron chi connectivity index (χ4n) is 2.60. The number of rotatable bonds is 5. The summed E-state index contributed by atoms with van der Waals surface area (Å²) in [6, 6.07) is 21.1. The van der Waals surface area contributed by atoms with E-state index in [2.05, 4.69) is 26.6 Å². The molecule has 0 fully saturated rings. The van der Waals surface area contributed by atoms with E-state index in [0.717, 1.165) is 20.8 Å². The summed E-state index contributed by atoms with van der Waals surface area (Å²) >= 11 is 3.34. The topological polar surface area (TPSA) is 58.2 Å². The summed E-state index contributed by atoms with van der Waals surface area (Å²) in [6.45, 7) is -0.0559. The van der Waals surface area contributed by atoms with Crippen LogP contribution < -0.4 is 10.6 Å². The van der Waals surface area contributed by atoms with Gasteiger partial charge in [-0.2, -0.15) is 0 Å². The average Bonchev–Trinajstić information content (AvgIpc) is 2.62. The first-order valence-corrected chi connectivity index (χ1v) is 8.70. The quantitative estimate of drug-likeness (QED) is 0.686. The maximum atomic E-state index is 12.2. The molecule has 0 aromatic heterocycles. The van der Waals surface area contributed by atoms with E-state index < -0.39 is 0 Å². The highest BCUT2D eigenvalue weighted by Crippen LogP contribution is 2.18. The van der Waals surface area contributed by atoms with Crippen LogP contribution in [0.2, 0.25) is 0 Å². The molecule has 3 aromatic rings. The van der Waals surface area contributed by atoms with Gasteiger partial charge in [0.1, 0.15) is 0 Å². The molecule has 5 heteroatoms. The van der Waals surface area contributed by atoms with Gasteiger partial charge in [-0.1, -0.05) is 58.4 Å². The molecule has 2 N–H and O–H groups in total. The normalized spacial score (nSPS) is 10.4. The Kier molecular flexibility index (Phi) is 5.46. The Labute approximate surface area is 154 Å². The van der Waals surface area contributed by atoms with Crippen molar-refractivity contribution in [3.05, 3.63) is 76.8 Å². The summed E-state index contributed by atoms with van der Waals surface area (Å²) in [7, 11) is 0.